The first-order chi connectivity index (χ1) is 14.6. The van der Waals surface area contributed by atoms with Gasteiger partial charge in [-0.05, 0) is 41.7 Å². The molecule has 4 heteroatoms. The molecule has 3 aromatic carbocycles. The standard InChI is InChI=1S/C26H31NO3/c1-28-19-26(27,18-22-11-7-4-8-12-22)25(17-21-9-5-3-6-10-21)23-13-15-24(16-14-23)30-20-29-2/h3-16,25H,17-20,27H2,1-2H3/t25?,26-/m1/s1. The topological polar surface area (TPSA) is 53.7 Å². The lowest BCUT2D eigenvalue weighted by atomic mass is 9.73. The van der Waals surface area contributed by atoms with Crippen molar-refractivity contribution in [1.82, 2.24) is 0 Å². The highest BCUT2D eigenvalue weighted by Gasteiger charge is 2.36. The van der Waals surface area contributed by atoms with Crippen LogP contribution in [0.1, 0.15) is 22.6 Å². The number of hydrogen-bond donors (Lipinski definition) is 1. The van der Waals surface area contributed by atoms with E-state index in [1.54, 1.807) is 14.2 Å². The Balaban J connectivity index is 1.95. The van der Waals surface area contributed by atoms with Gasteiger partial charge >= 0.3 is 0 Å². The van der Waals surface area contributed by atoms with E-state index >= 15 is 0 Å². The first-order valence-corrected chi connectivity index (χ1v) is 10.2. The minimum absolute atomic E-state index is 0.0662. The van der Waals surface area contributed by atoms with Gasteiger partial charge < -0.3 is 19.9 Å². The molecular formula is C26H31NO3. The molecule has 0 aliphatic heterocycles. The Morgan fingerprint density at radius 3 is 1.93 bits per heavy atom. The Labute approximate surface area is 179 Å². The van der Waals surface area contributed by atoms with Gasteiger partial charge in [0, 0.05) is 20.1 Å². The van der Waals surface area contributed by atoms with E-state index in [9.17, 15) is 0 Å². The third-order valence-electron chi connectivity index (χ3n) is 5.39. The molecule has 1 unspecified atom stereocenters. The van der Waals surface area contributed by atoms with Crippen LogP contribution in [0.5, 0.6) is 5.75 Å². The zero-order chi connectivity index (χ0) is 21.2. The SMILES string of the molecule is COCOc1ccc(C(Cc2ccccc2)[C@](N)(COC)Cc2ccccc2)cc1. The van der Waals surface area contributed by atoms with Crippen molar-refractivity contribution in [3.63, 3.8) is 0 Å². The normalized spacial score (nSPS) is 14.1. The first kappa shape index (κ1) is 22.0. The Bertz CT molecular complexity index is 868. The second kappa shape index (κ2) is 10.9. The van der Waals surface area contributed by atoms with Gasteiger partial charge in [-0.1, -0.05) is 72.8 Å². The molecule has 0 aromatic heterocycles. The fourth-order valence-electron chi connectivity index (χ4n) is 3.95. The zero-order valence-electron chi connectivity index (χ0n) is 17.8. The van der Waals surface area contributed by atoms with Crippen LogP contribution in [0.15, 0.2) is 84.9 Å². The minimum Gasteiger partial charge on any atom is -0.468 e. The average molecular weight is 406 g/mol. The van der Waals surface area contributed by atoms with E-state index < -0.39 is 5.54 Å². The van der Waals surface area contributed by atoms with Crippen molar-refractivity contribution in [2.75, 3.05) is 27.6 Å². The maximum absolute atomic E-state index is 7.11. The maximum atomic E-state index is 7.11. The summed E-state index contributed by atoms with van der Waals surface area (Å²) in [5.74, 6) is 0.841. The summed E-state index contributed by atoms with van der Waals surface area (Å²) < 4.78 is 16.2. The molecule has 0 radical (unpaired) electrons. The van der Waals surface area contributed by atoms with Crippen LogP contribution in [0.4, 0.5) is 0 Å². The van der Waals surface area contributed by atoms with E-state index in [-0.39, 0.29) is 12.7 Å². The van der Waals surface area contributed by atoms with Gasteiger partial charge in [-0.15, -0.1) is 0 Å². The molecule has 0 saturated carbocycles. The van der Waals surface area contributed by atoms with E-state index in [0.29, 0.717) is 6.61 Å². The maximum Gasteiger partial charge on any atom is 0.188 e. The van der Waals surface area contributed by atoms with Crippen molar-refractivity contribution in [2.24, 2.45) is 5.73 Å². The summed E-state index contributed by atoms with van der Waals surface area (Å²) in [5.41, 5.74) is 10.2. The molecule has 2 N–H and O–H groups in total. The molecule has 30 heavy (non-hydrogen) atoms. The lowest BCUT2D eigenvalue weighted by Crippen LogP contribution is -2.52. The van der Waals surface area contributed by atoms with Gasteiger partial charge in [0.1, 0.15) is 5.75 Å². The largest absolute Gasteiger partial charge is 0.468 e. The van der Waals surface area contributed by atoms with Crippen LogP contribution in [-0.2, 0) is 22.3 Å². The van der Waals surface area contributed by atoms with Crippen molar-refractivity contribution in [3.05, 3.63) is 102 Å². The highest BCUT2D eigenvalue weighted by molar-refractivity contribution is 5.34. The molecule has 2 atom stereocenters. The molecule has 0 aliphatic carbocycles. The fourth-order valence-corrected chi connectivity index (χ4v) is 3.95. The van der Waals surface area contributed by atoms with Crippen LogP contribution >= 0.6 is 0 Å². The molecule has 0 aliphatic rings. The smallest absolute Gasteiger partial charge is 0.188 e. The van der Waals surface area contributed by atoms with Crippen molar-refractivity contribution >= 4 is 0 Å². The number of hydrogen-bond acceptors (Lipinski definition) is 4. The van der Waals surface area contributed by atoms with Crippen LogP contribution in [0, 0.1) is 0 Å². The number of rotatable bonds is 11. The van der Waals surface area contributed by atoms with Gasteiger partial charge in [0.15, 0.2) is 6.79 Å². The van der Waals surface area contributed by atoms with E-state index in [1.165, 1.54) is 16.7 Å². The quantitative estimate of drug-likeness (QED) is 0.474. The van der Waals surface area contributed by atoms with E-state index in [4.69, 9.17) is 19.9 Å². The van der Waals surface area contributed by atoms with Gasteiger partial charge in [0.2, 0.25) is 0 Å². The second-order valence-corrected chi connectivity index (χ2v) is 7.69. The molecule has 0 amide bonds. The molecule has 0 bridgehead atoms. The lowest BCUT2D eigenvalue weighted by Gasteiger charge is -2.38. The summed E-state index contributed by atoms with van der Waals surface area (Å²) in [5, 5.41) is 0. The van der Waals surface area contributed by atoms with Gasteiger partial charge in [0.05, 0.1) is 12.1 Å². The van der Waals surface area contributed by atoms with Gasteiger partial charge in [-0.3, -0.25) is 0 Å². The zero-order valence-corrected chi connectivity index (χ0v) is 17.8. The highest BCUT2D eigenvalue weighted by Crippen LogP contribution is 2.34. The molecule has 0 spiro atoms. The number of benzene rings is 3. The third-order valence-corrected chi connectivity index (χ3v) is 5.39. The molecule has 4 nitrogen and oxygen atoms in total. The van der Waals surface area contributed by atoms with Crippen molar-refractivity contribution in [1.29, 1.82) is 0 Å². The minimum atomic E-state index is -0.569. The molecule has 0 fully saturated rings. The Hall–Kier alpha value is -2.66. The van der Waals surface area contributed by atoms with E-state index in [1.807, 2.05) is 24.3 Å². The predicted octanol–water partition coefficient (Wildman–Crippen LogP) is 4.58. The third kappa shape index (κ3) is 5.92. The van der Waals surface area contributed by atoms with Gasteiger partial charge in [0.25, 0.3) is 0 Å². The van der Waals surface area contributed by atoms with Crippen LogP contribution < -0.4 is 10.5 Å². The first-order valence-electron chi connectivity index (χ1n) is 10.2. The molecule has 3 rings (SSSR count). The Morgan fingerprint density at radius 1 is 0.767 bits per heavy atom. The molecule has 158 valence electrons. The summed E-state index contributed by atoms with van der Waals surface area (Å²) in [6.45, 7) is 0.687. The van der Waals surface area contributed by atoms with Crippen molar-refractivity contribution < 1.29 is 14.2 Å². The summed E-state index contributed by atoms with van der Waals surface area (Å²) in [4.78, 5) is 0. The number of nitrogens with two attached hydrogens (primary N) is 1. The summed E-state index contributed by atoms with van der Waals surface area (Å²) in [6.07, 6.45) is 1.55. The molecule has 0 saturated heterocycles. The van der Waals surface area contributed by atoms with Gasteiger partial charge in [-0.25, -0.2) is 0 Å². The van der Waals surface area contributed by atoms with Crippen molar-refractivity contribution in [2.45, 2.75) is 24.3 Å². The molecular weight excluding hydrogens is 374 g/mol. The van der Waals surface area contributed by atoms with Crippen LogP contribution in [0.3, 0.4) is 0 Å². The van der Waals surface area contributed by atoms with E-state index in [0.717, 1.165) is 18.6 Å². The van der Waals surface area contributed by atoms with Crippen LogP contribution in [0.25, 0.3) is 0 Å². The average Bonchev–Trinajstić information content (AvgIpc) is 2.78. The monoisotopic (exact) mass is 405 g/mol. The number of ether oxygens (including phenoxy) is 3. The van der Waals surface area contributed by atoms with Crippen molar-refractivity contribution in [3.8, 4) is 5.75 Å². The predicted molar refractivity (Wildman–Crippen MR) is 121 cm³/mol. The summed E-state index contributed by atoms with van der Waals surface area (Å²) in [7, 11) is 3.33. The van der Waals surface area contributed by atoms with Gasteiger partial charge in [-0.2, -0.15) is 0 Å². The van der Waals surface area contributed by atoms with E-state index in [2.05, 4.69) is 60.7 Å². The van der Waals surface area contributed by atoms with Crippen LogP contribution in [-0.4, -0.2) is 33.2 Å². The summed E-state index contributed by atoms with van der Waals surface area (Å²) >= 11 is 0. The highest BCUT2D eigenvalue weighted by atomic mass is 16.7. The summed E-state index contributed by atoms with van der Waals surface area (Å²) in [6, 6.07) is 29.0. The lowest BCUT2D eigenvalue weighted by molar-refractivity contribution is 0.0511. The molecule has 0 heterocycles. The second-order valence-electron chi connectivity index (χ2n) is 7.69. The Kier molecular flexibility index (Phi) is 8.03. The Morgan fingerprint density at radius 2 is 1.37 bits per heavy atom. The molecule has 3 aromatic rings. The fraction of sp³-hybridized carbons (Fsp3) is 0.308. The number of methoxy groups -OCH3 is 2. The van der Waals surface area contributed by atoms with Crippen LogP contribution in [0.2, 0.25) is 0 Å².